The lowest BCUT2D eigenvalue weighted by Gasteiger charge is -2.33. The summed E-state index contributed by atoms with van der Waals surface area (Å²) < 4.78 is 34.4. The van der Waals surface area contributed by atoms with Crippen LogP contribution in [0.4, 0.5) is 5.69 Å². The van der Waals surface area contributed by atoms with Gasteiger partial charge in [-0.1, -0.05) is 72.3 Å². The molecule has 0 radical (unpaired) electrons. The maximum Gasteiger partial charge on any atom is 0.265 e. The molecule has 1 aliphatic heterocycles. The number of anilines is 1. The van der Waals surface area contributed by atoms with Crippen molar-refractivity contribution in [3.05, 3.63) is 131 Å². The van der Waals surface area contributed by atoms with Gasteiger partial charge in [-0.05, 0) is 49.7 Å². The average molecular weight is 553 g/mol. The van der Waals surface area contributed by atoms with Crippen molar-refractivity contribution < 1.29 is 22.7 Å². The van der Waals surface area contributed by atoms with Gasteiger partial charge in [0, 0.05) is 22.4 Å². The molecule has 0 amide bonds. The van der Waals surface area contributed by atoms with Crippen LogP contribution in [0, 0.1) is 13.8 Å². The van der Waals surface area contributed by atoms with Crippen molar-refractivity contribution in [2.45, 2.75) is 18.7 Å². The van der Waals surface area contributed by atoms with Gasteiger partial charge in [-0.3, -0.25) is 13.9 Å². The standard InChI is InChI=1S/C32H28N2O5S/c1-21-13-18-26(22(2)19-21)28(35)20-34-31(32(36)23-9-5-4-6-10-23)30(33-24-14-16-25(39-3)17-15-24)27-11-7-8-12-29(27)40(34,37)38/h4-19,33H,20H2,1-3H3. The SMILES string of the molecule is COc1ccc(NC2=C(C(=O)c3ccccc3)N(CC(=O)c3ccc(C)cc3C)S(=O)(=O)c3ccccc32)cc1. The number of carbonyl (C=O) groups excluding carboxylic acids is 2. The second-order valence-corrected chi connectivity index (χ2v) is 11.4. The van der Waals surface area contributed by atoms with E-state index in [9.17, 15) is 18.0 Å². The van der Waals surface area contributed by atoms with Gasteiger partial charge in [0.2, 0.25) is 5.78 Å². The summed E-state index contributed by atoms with van der Waals surface area (Å²) >= 11 is 0. The maximum atomic E-state index is 14.1. The highest BCUT2D eigenvalue weighted by Gasteiger charge is 2.41. The fourth-order valence-electron chi connectivity index (χ4n) is 4.79. The van der Waals surface area contributed by atoms with E-state index in [2.05, 4.69) is 5.32 Å². The molecule has 1 N–H and O–H groups in total. The Morgan fingerprint density at radius 3 is 2.20 bits per heavy atom. The number of ketones is 2. The number of aryl methyl sites for hydroxylation is 2. The molecule has 40 heavy (non-hydrogen) atoms. The molecule has 202 valence electrons. The largest absolute Gasteiger partial charge is 0.497 e. The van der Waals surface area contributed by atoms with Gasteiger partial charge in [0.05, 0.1) is 24.2 Å². The lowest BCUT2D eigenvalue weighted by atomic mass is 10.00. The molecular formula is C32H28N2O5S. The summed E-state index contributed by atoms with van der Waals surface area (Å²) in [5.74, 6) is -0.293. The minimum absolute atomic E-state index is 0.00375. The maximum absolute atomic E-state index is 14.1. The second-order valence-electron chi connectivity index (χ2n) is 9.52. The van der Waals surface area contributed by atoms with Crippen molar-refractivity contribution in [1.29, 1.82) is 0 Å². The zero-order valence-electron chi connectivity index (χ0n) is 22.3. The van der Waals surface area contributed by atoms with Crippen LogP contribution in [0.2, 0.25) is 0 Å². The normalized spacial score (nSPS) is 13.9. The quantitative estimate of drug-likeness (QED) is 0.275. The Labute approximate surface area is 233 Å². The number of benzene rings is 4. The molecule has 5 rings (SSSR count). The van der Waals surface area contributed by atoms with Gasteiger partial charge in [0.25, 0.3) is 10.0 Å². The van der Waals surface area contributed by atoms with E-state index in [4.69, 9.17) is 4.74 Å². The molecule has 0 bridgehead atoms. The van der Waals surface area contributed by atoms with Crippen LogP contribution in [-0.2, 0) is 10.0 Å². The summed E-state index contributed by atoms with van der Waals surface area (Å²) in [6, 6.07) is 27.3. The predicted molar refractivity (Wildman–Crippen MR) is 155 cm³/mol. The number of hydrogen-bond acceptors (Lipinski definition) is 6. The van der Waals surface area contributed by atoms with Gasteiger partial charge < -0.3 is 10.1 Å². The van der Waals surface area contributed by atoms with Crippen molar-refractivity contribution in [2.75, 3.05) is 19.0 Å². The molecular weight excluding hydrogens is 524 g/mol. The summed E-state index contributed by atoms with van der Waals surface area (Å²) in [7, 11) is -2.71. The topological polar surface area (TPSA) is 92.8 Å². The van der Waals surface area contributed by atoms with Crippen molar-refractivity contribution in [3.63, 3.8) is 0 Å². The number of rotatable bonds is 8. The average Bonchev–Trinajstić information content (AvgIpc) is 2.96. The van der Waals surface area contributed by atoms with E-state index in [1.807, 2.05) is 26.0 Å². The number of carbonyl (C=O) groups is 2. The third-order valence-corrected chi connectivity index (χ3v) is 8.59. The predicted octanol–water partition coefficient (Wildman–Crippen LogP) is 5.86. The molecule has 1 heterocycles. The van der Waals surface area contributed by atoms with Crippen LogP contribution in [0.5, 0.6) is 5.75 Å². The molecule has 0 saturated heterocycles. The monoisotopic (exact) mass is 552 g/mol. The van der Waals surface area contributed by atoms with E-state index < -0.39 is 28.1 Å². The first-order valence-corrected chi connectivity index (χ1v) is 14.1. The van der Waals surface area contributed by atoms with Crippen LogP contribution >= 0.6 is 0 Å². The fraction of sp³-hybridized carbons (Fsp3) is 0.125. The van der Waals surface area contributed by atoms with Gasteiger partial charge in [-0.25, -0.2) is 8.42 Å². The number of ether oxygens (including phenoxy) is 1. The number of nitrogens with zero attached hydrogens (tertiary/aromatic N) is 1. The van der Waals surface area contributed by atoms with E-state index in [1.165, 1.54) is 6.07 Å². The van der Waals surface area contributed by atoms with Crippen molar-refractivity contribution >= 4 is 33.0 Å². The summed E-state index contributed by atoms with van der Waals surface area (Å²) in [4.78, 5) is 27.7. The van der Waals surface area contributed by atoms with E-state index in [-0.39, 0.29) is 16.3 Å². The molecule has 0 saturated carbocycles. The van der Waals surface area contributed by atoms with Gasteiger partial charge in [-0.2, -0.15) is 0 Å². The van der Waals surface area contributed by atoms with Crippen molar-refractivity contribution in [3.8, 4) is 5.75 Å². The number of Topliss-reactive ketones (excluding diaryl/α,β-unsaturated/α-hetero) is 2. The molecule has 0 atom stereocenters. The Morgan fingerprint density at radius 1 is 0.850 bits per heavy atom. The van der Waals surface area contributed by atoms with E-state index in [1.54, 1.807) is 86.0 Å². The Kier molecular flexibility index (Phi) is 7.28. The smallest absolute Gasteiger partial charge is 0.265 e. The zero-order valence-corrected chi connectivity index (χ0v) is 23.2. The minimum atomic E-state index is -4.27. The van der Waals surface area contributed by atoms with Gasteiger partial charge >= 0.3 is 0 Å². The highest BCUT2D eigenvalue weighted by Crippen LogP contribution is 2.39. The van der Waals surface area contributed by atoms with Crippen LogP contribution in [0.3, 0.4) is 0 Å². The zero-order chi connectivity index (χ0) is 28.4. The first kappa shape index (κ1) is 26.9. The van der Waals surface area contributed by atoms with Crippen LogP contribution in [-0.4, -0.2) is 37.9 Å². The molecule has 0 spiro atoms. The molecule has 0 fully saturated rings. The van der Waals surface area contributed by atoms with Gasteiger partial charge in [-0.15, -0.1) is 0 Å². The Bertz CT molecular complexity index is 1740. The number of nitrogens with one attached hydrogen (secondary N) is 1. The summed E-state index contributed by atoms with van der Waals surface area (Å²) in [5, 5.41) is 3.27. The number of fused-ring (bicyclic) bond motifs is 1. The van der Waals surface area contributed by atoms with Crippen molar-refractivity contribution in [1.82, 2.24) is 4.31 Å². The van der Waals surface area contributed by atoms with E-state index in [0.717, 1.165) is 15.4 Å². The lowest BCUT2D eigenvalue weighted by Crippen LogP contribution is -2.42. The first-order chi connectivity index (χ1) is 19.2. The lowest BCUT2D eigenvalue weighted by molar-refractivity contribution is 0.0958. The number of hydrogen-bond donors (Lipinski definition) is 1. The van der Waals surface area contributed by atoms with Crippen LogP contribution in [0.1, 0.15) is 37.4 Å². The highest BCUT2D eigenvalue weighted by molar-refractivity contribution is 7.89. The Balaban J connectivity index is 1.72. The third-order valence-electron chi connectivity index (χ3n) is 6.79. The van der Waals surface area contributed by atoms with Crippen LogP contribution in [0.15, 0.2) is 108 Å². The molecule has 0 unspecified atom stereocenters. The fourth-order valence-corrected chi connectivity index (χ4v) is 6.43. The highest BCUT2D eigenvalue weighted by atomic mass is 32.2. The molecule has 1 aliphatic rings. The number of sulfonamides is 1. The molecule has 7 nitrogen and oxygen atoms in total. The Hall–Kier alpha value is -4.69. The molecule has 0 aromatic heterocycles. The van der Waals surface area contributed by atoms with Gasteiger partial charge in [0.1, 0.15) is 11.4 Å². The molecule has 4 aromatic carbocycles. The van der Waals surface area contributed by atoms with Crippen LogP contribution < -0.4 is 10.1 Å². The summed E-state index contributed by atoms with van der Waals surface area (Å²) in [5.41, 5.74) is 3.53. The minimum Gasteiger partial charge on any atom is -0.497 e. The second kappa shape index (κ2) is 10.8. The number of allylic oxidation sites excluding steroid dienone is 1. The molecule has 8 heteroatoms. The summed E-state index contributed by atoms with van der Waals surface area (Å²) in [6.07, 6.45) is 0. The number of methoxy groups -OCH3 is 1. The van der Waals surface area contributed by atoms with E-state index >= 15 is 0 Å². The summed E-state index contributed by atoms with van der Waals surface area (Å²) in [6.45, 7) is 3.19. The molecule has 0 aliphatic carbocycles. The van der Waals surface area contributed by atoms with Gasteiger partial charge in [0.15, 0.2) is 5.78 Å². The Morgan fingerprint density at radius 2 is 1.52 bits per heavy atom. The van der Waals surface area contributed by atoms with Crippen LogP contribution in [0.25, 0.3) is 5.70 Å². The molecule has 4 aromatic rings. The first-order valence-electron chi connectivity index (χ1n) is 12.7. The van der Waals surface area contributed by atoms with E-state index in [0.29, 0.717) is 28.1 Å². The van der Waals surface area contributed by atoms with Crippen molar-refractivity contribution in [2.24, 2.45) is 0 Å². The third kappa shape index (κ3) is 5.01.